The molecular weight excluding hydrogens is 446 g/mol. The van der Waals surface area contributed by atoms with E-state index in [0.717, 1.165) is 17.2 Å². The number of amides is 3. The molecule has 3 aromatic carbocycles. The van der Waals surface area contributed by atoms with Gasteiger partial charge in [-0.15, -0.1) is 0 Å². The topological polar surface area (TPSA) is 117 Å². The maximum absolute atomic E-state index is 13.1. The van der Waals surface area contributed by atoms with Gasteiger partial charge in [0.25, 0.3) is 11.6 Å². The zero-order valence-electron chi connectivity index (χ0n) is 17.4. The molecule has 0 aliphatic carbocycles. The molecule has 10 heteroatoms. The second kappa shape index (κ2) is 9.09. The Hall–Kier alpha value is -4.24. The first-order valence-corrected chi connectivity index (χ1v) is 10.2. The van der Waals surface area contributed by atoms with Crippen LogP contribution in [0.5, 0.6) is 0 Å². The minimum Gasteiger partial charge on any atom is -0.311 e. The Morgan fingerprint density at radius 1 is 1.09 bits per heavy atom. The molecule has 0 saturated heterocycles. The molecule has 1 aliphatic rings. The minimum atomic E-state index is -1.22. The summed E-state index contributed by atoms with van der Waals surface area (Å²) in [7, 11) is 1.61. The summed E-state index contributed by atoms with van der Waals surface area (Å²) in [6.45, 7) is 0. The van der Waals surface area contributed by atoms with E-state index in [1.54, 1.807) is 13.1 Å². The maximum atomic E-state index is 13.1. The van der Waals surface area contributed by atoms with Gasteiger partial charge in [-0.3, -0.25) is 14.9 Å². The van der Waals surface area contributed by atoms with Gasteiger partial charge in [-0.05, 0) is 18.2 Å². The molecule has 3 aromatic rings. The van der Waals surface area contributed by atoms with Crippen LogP contribution >= 0.6 is 11.6 Å². The maximum Gasteiger partial charge on any atom is 0.321 e. The van der Waals surface area contributed by atoms with Crippen molar-refractivity contribution in [1.29, 1.82) is 0 Å². The number of fused-ring (bicyclic) bond motifs is 1. The molecule has 0 bridgehead atoms. The number of nitrogens with one attached hydrogen (secondary N) is 2. The predicted octanol–water partition coefficient (Wildman–Crippen LogP) is 4.21. The fourth-order valence-corrected chi connectivity index (χ4v) is 3.65. The number of nitrogens with zero attached hydrogens (tertiary/aromatic N) is 3. The summed E-state index contributed by atoms with van der Waals surface area (Å²) in [5.41, 5.74) is 2.54. The van der Waals surface area contributed by atoms with Crippen LogP contribution < -0.4 is 15.5 Å². The number of hydrogen-bond acceptors (Lipinski definition) is 5. The summed E-state index contributed by atoms with van der Waals surface area (Å²) in [6, 6.07) is 19.8. The number of para-hydroxylation sites is 1. The average Bonchev–Trinajstić information content (AvgIpc) is 2.91. The van der Waals surface area contributed by atoms with Gasteiger partial charge in [0.15, 0.2) is 0 Å². The Kier molecular flexibility index (Phi) is 6.05. The second-order valence-electron chi connectivity index (χ2n) is 7.18. The van der Waals surface area contributed by atoms with Gasteiger partial charge in [0.1, 0.15) is 5.02 Å². The number of benzene rings is 3. The van der Waals surface area contributed by atoms with E-state index in [-0.39, 0.29) is 16.4 Å². The molecule has 1 heterocycles. The molecule has 166 valence electrons. The number of carbonyl (C=O) groups excluding carboxylic acids is 2. The van der Waals surface area contributed by atoms with E-state index in [2.05, 4.69) is 15.6 Å². The molecule has 1 atom stereocenters. The molecule has 0 fully saturated rings. The van der Waals surface area contributed by atoms with Gasteiger partial charge in [0.05, 0.1) is 16.3 Å². The Balaban J connectivity index is 1.66. The predicted molar refractivity (Wildman–Crippen MR) is 126 cm³/mol. The fraction of sp³-hybridized carbons (Fsp3) is 0.0870. The van der Waals surface area contributed by atoms with Gasteiger partial charge in [0.2, 0.25) is 6.17 Å². The van der Waals surface area contributed by atoms with Crippen LogP contribution in [0.2, 0.25) is 5.02 Å². The normalized spacial score (nSPS) is 15.2. The van der Waals surface area contributed by atoms with Crippen molar-refractivity contribution in [2.75, 3.05) is 17.3 Å². The minimum absolute atomic E-state index is 0.0543. The van der Waals surface area contributed by atoms with Crippen molar-refractivity contribution in [2.45, 2.75) is 6.17 Å². The third kappa shape index (κ3) is 4.53. The molecule has 2 N–H and O–H groups in total. The summed E-state index contributed by atoms with van der Waals surface area (Å²) in [6.07, 6.45) is -1.22. The molecule has 9 nitrogen and oxygen atoms in total. The highest BCUT2D eigenvalue weighted by molar-refractivity contribution is 6.32. The number of nitro groups is 1. The number of benzodiazepines with no additional fused rings is 1. The van der Waals surface area contributed by atoms with Crippen molar-refractivity contribution in [3.05, 3.63) is 99.1 Å². The summed E-state index contributed by atoms with van der Waals surface area (Å²) < 4.78 is 0. The van der Waals surface area contributed by atoms with Gasteiger partial charge in [-0.25, -0.2) is 9.79 Å². The molecule has 0 spiro atoms. The van der Waals surface area contributed by atoms with Crippen LogP contribution in [0.3, 0.4) is 0 Å². The average molecular weight is 464 g/mol. The Morgan fingerprint density at radius 3 is 2.52 bits per heavy atom. The first-order valence-electron chi connectivity index (χ1n) is 9.87. The van der Waals surface area contributed by atoms with Gasteiger partial charge in [-0.2, -0.15) is 0 Å². The van der Waals surface area contributed by atoms with Crippen LogP contribution in [0.1, 0.15) is 11.1 Å². The zero-order chi connectivity index (χ0) is 23.5. The molecule has 3 amide bonds. The number of halogens is 1. The number of likely N-dealkylation sites (N-methyl/N-ethyl adjacent to an activating group) is 1. The van der Waals surface area contributed by atoms with E-state index >= 15 is 0 Å². The largest absolute Gasteiger partial charge is 0.321 e. The lowest BCUT2D eigenvalue weighted by atomic mass is 10.0. The highest BCUT2D eigenvalue weighted by Crippen LogP contribution is 2.28. The van der Waals surface area contributed by atoms with Crippen molar-refractivity contribution in [2.24, 2.45) is 4.99 Å². The summed E-state index contributed by atoms with van der Waals surface area (Å²) in [5, 5.41) is 16.1. The molecule has 0 saturated carbocycles. The Bertz CT molecular complexity index is 1280. The van der Waals surface area contributed by atoms with Crippen molar-refractivity contribution >= 4 is 46.3 Å². The standard InChI is InChI=1S/C23H18ClN5O4/c1-28-18-10-6-5-9-16(18)20(14-7-3-2-4-8-14)26-21(22(28)30)27-23(31)25-15-11-12-17(24)19(13-15)29(32)33/h2-13,21H,1H3,(H2,25,27,31)/t21-/m0/s1. The van der Waals surface area contributed by atoms with Crippen LogP contribution in [-0.2, 0) is 4.79 Å². The summed E-state index contributed by atoms with van der Waals surface area (Å²) >= 11 is 5.82. The lowest BCUT2D eigenvalue weighted by Crippen LogP contribution is -2.47. The number of nitro benzene ring substituents is 1. The van der Waals surface area contributed by atoms with E-state index < -0.39 is 23.0 Å². The molecule has 0 unspecified atom stereocenters. The van der Waals surface area contributed by atoms with Crippen LogP contribution in [0, 0.1) is 10.1 Å². The van der Waals surface area contributed by atoms with Gasteiger partial charge in [0, 0.05) is 29.9 Å². The van der Waals surface area contributed by atoms with Crippen LogP contribution in [0.4, 0.5) is 21.9 Å². The third-order valence-corrected chi connectivity index (χ3v) is 5.38. The number of carbonyl (C=O) groups is 2. The second-order valence-corrected chi connectivity index (χ2v) is 7.59. The first-order chi connectivity index (χ1) is 15.8. The van der Waals surface area contributed by atoms with Gasteiger partial charge >= 0.3 is 6.03 Å². The number of anilines is 2. The highest BCUT2D eigenvalue weighted by Gasteiger charge is 2.31. The lowest BCUT2D eigenvalue weighted by molar-refractivity contribution is -0.384. The third-order valence-electron chi connectivity index (χ3n) is 5.06. The van der Waals surface area contributed by atoms with Gasteiger partial charge < -0.3 is 15.5 Å². The molecular formula is C23H18ClN5O4. The quantitative estimate of drug-likeness (QED) is 0.445. The highest BCUT2D eigenvalue weighted by atomic mass is 35.5. The van der Waals surface area contributed by atoms with Crippen molar-refractivity contribution in [1.82, 2.24) is 5.32 Å². The van der Waals surface area contributed by atoms with Crippen molar-refractivity contribution in [3.63, 3.8) is 0 Å². The van der Waals surface area contributed by atoms with E-state index in [1.165, 1.54) is 17.0 Å². The molecule has 0 radical (unpaired) electrons. The number of hydrogen-bond donors (Lipinski definition) is 2. The lowest BCUT2D eigenvalue weighted by Gasteiger charge is -2.21. The molecule has 33 heavy (non-hydrogen) atoms. The van der Waals surface area contributed by atoms with E-state index in [1.807, 2.05) is 48.5 Å². The summed E-state index contributed by atoms with van der Waals surface area (Å²) in [5.74, 6) is -0.439. The monoisotopic (exact) mass is 463 g/mol. The van der Waals surface area contributed by atoms with Crippen molar-refractivity contribution in [3.8, 4) is 0 Å². The smallest absolute Gasteiger partial charge is 0.311 e. The molecule has 0 aromatic heterocycles. The van der Waals surface area contributed by atoms with Crippen LogP contribution in [-0.4, -0.2) is 35.8 Å². The number of rotatable bonds is 4. The summed E-state index contributed by atoms with van der Waals surface area (Å²) in [4.78, 5) is 42.3. The SMILES string of the molecule is CN1C(=O)[C@H](NC(=O)Nc2ccc(Cl)c([N+](=O)[O-])c2)N=C(c2ccccc2)c2ccccc21. The Labute approximate surface area is 193 Å². The fourth-order valence-electron chi connectivity index (χ4n) is 3.46. The van der Waals surface area contributed by atoms with Gasteiger partial charge in [-0.1, -0.05) is 60.1 Å². The number of urea groups is 1. The van der Waals surface area contributed by atoms with E-state index in [4.69, 9.17) is 11.6 Å². The Morgan fingerprint density at radius 2 is 1.79 bits per heavy atom. The molecule has 1 aliphatic heterocycles. The first kappa shape index (κ1) is 22.0. The van der Waals surface area contributed by atoms with E-state index in [9.17, 15) is 19.7 Å². The van der Waals surface area contributed by atoms with Crippen LogP contribution in [0.15, 0.2) is 77.8 Å². The number of aliphatic imine (C=N–C) groups is 1. The molecule has 4 rings (SSSR count). The van der Waals surface area contributed by atoms with E-state index in [0.29, 0.717) is 11.4 Å². The van der Waals surface area contributed by atoms with Crippen LogP contribution in [0.25, 0.3) is 0 Å². The zero-order valence-corrected chi connectivity index (χ0v) is 18.1. The van der Waals surface area contributed by atoms with Crippen molar-refractivity contribution < 1.29 is 14.5 Å².